The van der Waals surface area contributed by atoms with Crippen LogP contribution >= 0.6 is 27.5 Å². The highest BCUT2D eigenvalue weighted by atomic mass is 79.9. The zero-order valence-corrected chi connectivity index (χ0v) is 14.2. The Morgan fingerprint density at radius 2 is 2.05 bits per heavy atom. The minimum absolute atomic E-state index is 0.0298. The molecule has 20 heavy (non-hydrogen) atoms. The molecule has 1 aliphatic carbocycles. The van der Waals surface area contributed by atoms with E-state index >= 15 is 0 Å². The number of alkyl halides is 1. The Morgan fingerprint density at radius 1 is 1.35 bits per heavy atom. The Balaban J connectivity index is 1.98. The quantitative estimate of drug-likeness (QED) is 0.775. The van der Waals surface area contributed by atoms with Gasteiger partial charge in [-0.1, -0.05) is 52.9 Å². The lowest BCUT2D eigenvalue weighted by Crippen LogP contribution is -2.40. The molecular weight excluding hydrogens is 338 g/mol. The summed E-state index contributed by atoms with van der Waals surface area (Å²) in [5.74, 6) is -0.0298. The fourth-order valence-corrected chi connectivity index (χ4v) is 3.70. The second kappa shape index (κ2) is 6.95. The molecule has 0 spiro atoms. The third kappa shape index (κ3) is 3.76. The first-order valence-electron chi connectivity index (χ1n) is 7.17. The van der Waals surface area contributed by atoms with Crippen LogP contribution in [-0.2, 0) is 0 Å². The van der Waals surface area contributed by atoms with Gasteiger partial charge in [0.25, 0.3) is 5.91 Å². The number of benzene rings is 1. The van der Waals surface area contributed by atoms with Crippen molar-refractivity contribution < 1.29 is 4.79 Å². The fourth-order valence-electron chi connectivity index (χ4n) is 2.76. The van der Waals surface area contributed by atoms with E-state index in [1.165, 1.54) is 32.1 Å². The van der Waals surface area contributed by atoms with E-state index in [0.29, 0.717) is 10.6 Å². The van der Waals surface area contributed by atoms with Gasteiger partial charge in [-0.25, -0.2) is 0 Å². The molecule has 1 saturated carbocycles. The van der Waals surface area contributed by atoms with Crippen molar-refractivity contribution in [3.63, 3.8) is 0 Å². The van der Waals surface area contributed by atoms with Crippen molar-refractivity contribution in [2.75, 3.05) is 11.9 Å². The maximum atomic E-state index is 12.2. The zero-order chi connectivity index (χ0) is 14.6. The molecule has 2 rings (SSSR count). The smallest absolute Gasteiger partial charge is 0.251 e. The molecule has 0 heterocycles. The summed E-state index contributed by atoms with van der Waals surface area (Å²) in [4.78, 5) is 12.2. The molecule has 0 unspecified atom stereocenters. The van der Waals surface area contributed by atoms with Crippen molar-refractivity contribution in [3.8, 4) is 0 Å². The van der Waals surface area contributed by atoms with E-state index in [-0.39, 0.29) is 11.3 Å². The molecule has 1 aromatic rings. The Hall–Kier alpha value is -0.540. The second-order valence-corrected chi connectivity index (χ2v) is 6.81. The number of hydrogen-bond donors (Lipinski definition) is 1. The van der Waals surface area contributed by atoms with Gasteiger partial charge < -0.3 is 5.32 Å². The van der Waals surface area contributed by atoms with E-state index < -0.39 is 0 Å². The van der Waals surface area contributed by atoms with Crippen LogP contribution in [0.5, 0.6) is 0 Å². The minimum Gasteiger partial charge on any atom is -0.351 e. The Bertz CT molecular complexity index is 483. The van der Waals surface area contributed by atoms with E-state index in [0.717, 1.165) is 17.4 Å². The van der Waals surface area contributed by atoms with Crippen molar-refractivity contribution in [1.82, 2.24) is 5.32 Å². The van der Waals surface area contributed by atoms with Crippen molar-refractivity contribution in [2.24, 2.45) is 5.41 Å². The number of nitrogens with one attached hydrogen (secondary N) is 1. The number of halogens is 2. The zero-order valence-electron chi connectivity index (χ0n) is 11.8. The van der Waals surface area contributed by atoms with Crippen molar-refractivity contribution in [1.29, 1.82) is 0 Å². The summed E-state index contributed by atoms with van der Waals surface area (Å²) in [6.45, 7) is 2.68. The van der Waals surface area contributed by atoms with E-state index in [4.69, 9.17) is 11.6 Å². The van der Waals surface area contributed by atoms with Crippen molar-refractivity contribution >= 4 is 33.4 Å². The number of rotatable bonds is 4. The maximum absolute atomic E-state index is 12.2. The monoisotopic (exact) mass is 357 g/mol. The topological polar surface area (TPSA) is 29.1 Å². The molecule has 4 heteroatoms. The first-order valence-corrected chi connectivity index (χ1v) is 8.67. The first kappa shape index (κ1) is 15.8. The van der Waals surface area contributed by atoms with Gasteiger partial charge in [-0.05, 0) is 42.9 Å². The number of hydrogen-bond acceptors (Lipinski definition) is 1. The largest absolute Gasteiger partial charge is 0.351 e. The molecule has 0 atom stereocenters. The average Bonchev–Trinajstić information content (AvgIpc) is 2.48. The Kier molecular flexibility index (Phi) is 5.50. The lowest BCUT2D eigenvalue weighted by molar-refractivity contribution is 0.0922. The molecule has 1 N–H and O–H groups in total. The molecule has 0 saturated heterocycles. The molecule has 0 aromatic heterocycles. The highest BCUT2D eigenvalue weighted by Gasteiger charge is 2.31. The highest BCUT2D eigenvalue weighted by Crippen LogP contribution is 2.37. The van der Waals surface area contributed by atoms with Crippen LogP contribution in [0.15, 0.2) is 18.2 Å². The van der Waals surface area contributed by atoms with Gasteiger partial charge in [0.15, 0.2) is 0 Å². The summed E-state index contributed by atoms with van der Waals surface area (Å²) in [6.07, 6.45) is 6.21. The lowest BCUT2D eigenvalue weighted by Gasteiger charge is -2.35. The van der Waals surface area contributed by atoms with Crippen LogP contribution < -0.4 is 5.32 Å². The molecule has 1 fully saturated rings. The van der Waals surface area contributed by atoms with E-state index in [2.05, 4.69) is 21.2 Å². The Labute approximate surface area is 134 Å². The van der Waals surface area contributed by atoms with Crippen molar-refractivity contribution in [2.45, 2.75) is 39.0 Å². The molecule has 110 valence electrons. The SMILES string of the molecule is Cc1ccc(C(=O)NCC2(CBr)CCCCC2)cc1Cl. The van der Waals surface area contributed by atoms with Gasteiger partial charge in [0, 0.05) is 22.5 Å². The van der Waals surface area contributed by atoms with Gasteiger partial charge in [-0.3, -0.25) is 4.79 Å². The summed E-state index contributed by atoms with van der Waals surface area (Å²) in [5.41, 5.74) is 1.86. The average molecular weight is 359 g/mol. The van der Waals surface area contributed by atoms with Gasteiger partial charge in [-0.2, -0.15) is 0 Å². The molecule has 1 aliphatic rings. The third-order valence-corrected chi connectivity index (χ3v) is 5.85. The standard InChI is InChI=1S/C16H21BrClNO/c1-12-5-6-13(9-14(12)18)15(20)19-11-16(10-17)7-3-2-4-8-16/h5-6,9H,2-4,7-8,10-11H2,1H3,(H,19,20). The molecule has 1 aromatic carbocycles. The maximum Gasteiger partial charge on any atom is 0.251 e. The third-order valence-electron chi connectivity index (χ3n) is 4.26. The molecule has 0 bridgehead atoms. The van der Waals surface area contributed by atoms with Gasteiger partial charge in [-0.15, -0.1) is 0 Å². The highest BCUT2D eigenvalue weighted by molar-refractivity contribution is 9.09. The Morgan fingerprint density at radius 3 is 2.65 bits per heavy atom. The van der Waals surface area contributed by atoms with Crippen LogP contribution in [0.4, 0.5) is 0 Å². The second-order valence-electron chi connectivity index (χ2n) is 5.84. The van der Waals surface area contributed by atoms with Gasteiger partial charge in [0.2, 0.25) is 0 Å². The van der Waals surface area contributed by atoms with Crippen LogP contribution in [0.25, 0.3) is 0 Å². The minimum atomic E-state index is -0.0298. The lowest BCUT2D eigenvalue weighted by atomic mass is 9.75. The summed E-state index contributed by atoms with van der Waals surface area (Å²) >= 11 is 9.70. The van der Waals surface area contributed by atoms with Crippen LogP contribution in [0.3, 0.4) is 0 Å². The number of aryl methyl sites for hydroxylation is 1. The molecule has 2 nitrogen and oxygen atoms in total. The summed E-state index contributed by atoms with van der Waals surface area (Å²) < 4.78 is 0. The summed E-state index contributed by atoms with van der Waals surface area (Å²) in [7, 11) is 0. The van der Waals surface area contributed by atoms with Gasteiger partial charge >= 0.3 is 0 Å². The molecule has 1 amide bonds. The predicted octanol–water partition coefficient (Wildman–Crippen LogP) is 4.72. The van der Waals surface area contributed by atoms with E-state index in [1.807, 2.05) is 19.1 Å². The number of carbonyl (C=O) groups is 1. The molecule has 0 aliphatic heterocycles. The van der Waals surface area contributed by atoms with Crippen LogP contribution in [0.2, 0.25) is 5.02 Å². The number of carbonyl (C=O) groups excluding carboxylic acids is 1. The van der Waals surface area contributed by atoms with Crippen LogP contribution in [-0.4, -0.2) is 17.8 Å². The molecular formula is C16H21BrClNO. The van der Waals surface area contributed by atoms with Gasteiger partial charge in [0.1, 0.15) is 0 Å². The van der Waals surface area contributed by atoms with Crippen molar-refractivity contribution in [3.05, 3.63) is 34.3 Å². The van der Waals surface area contributed by atoms with E-state index in [1.54, 1.807) is 6.07 Å². The number of amides is 1. The predicted molar refractivity (Wildman–Crippen MR) is 87.8 cm³/mol. The van der Waals surface area contributed by atoms with Gasteiger partial charge in [0.05, 0.1) is 0 Å². The van der Waals surface area contributed by atoms with Crippen LogP contribution in [0, 0.1) is 12.3 Å². The fraction of sp³-hybridized carbons (Fsp3) is 0.562. The molecule has 0 radical (unpaired) electrons. The first-order chi connectivity index (χ1) is 9.56. The summed E-state index contributed by atoms with van der Waals surface area (Å²) in [6, 6.07) is 5.46. The van der Waals surface area contributed by atoms with E-state index in [9.17, 15) is 4.79 Å². The normalized spacial score (nSPS) is 17.8. The van der Waals surface area contributed by atoms with Crippen LogP contribution in [0.1, 0.15) is 48.0 Å². The summed E-state index contributed by atoms with van der Waals surface area (Å²) in [5, 5.41) is 4.68.